The first-order valence-corrected chi connectivity index (χ1v) is 8.36. The molecule has 0 N–H and O–H groups in total. The molecule has 3 rings (SSSR count). The summed E-state index contributed by atoms with van der Waals surface area (Å²) in [5, 5.41) is 0.525. The summed E-state index contributed by atoms with van der Waals surface area (Å²) in [6.45, 7) is 4.36. The van der Waals surface area contributed by atoms with Gasteiger partial charge >= 0.3 is 5.97 Å². The molecule has 1 heterocycles. The molecule has 1 aliphatic rings. The van der Waals surface area contributed by atoms with Gasteiger partial charge in [0.1, 0.15) is 5.75 Å². The summed E-state index contributed by atoms with van der Waals surface area (Å²) in [5.74, 6) is -1.15. The lowest BCUT2D eigenvalue weighted by Crippen LogP contribution is -2.32. The molecule has 2 aromatic rings. The second-order valence-electron chi connectivity index (χ2n) is 6.11. The van der Waals surface area contributed by atoms with E-state index in [-0.39, 0.29) is 17.5 Å². The van der Waals surface area contributed by atoms with Gasteiger partial charge in [0.25, 0.3) is 11.8 Å². The summed E-state index contributed by atoms with van der Waals surface area (Å²) in [6.07, 6.45) is 0.452. The van der Waals surface area contributed by atoms with Crippen LogP contribution in [0.15, 0.2) is 42.5 Å². The maximum Gasteiger partial charge on any atom is 0.333 e. The van der Waals surface area contributed by atoms with Gasteiger partial charge in [0.05, 0.1) is 24.2 Å². The van der Waals surface area contributed by atoms with E-state index >= 15 is 0 Å². The van der Waals surface area contributed by atoms with Crippen LogP contribution in [0.5, 0.6) is 5.75 Å². The standard InChI is InChI=1S/C20H19NO5/c1-13-9-10-15(12-14(13)2)25-11-5-8-18(22)26-21-19(23)16-6-3-4-7-17(16)20(21)24/h3-4,6-7,9-10,12H,5,8,11H2,1-2H3. The van der Waals surface area contributed by atoms with Crippen LogP contribution in [0.3, 0.4) is 0 Å². The molecular weight excluding hydrogens is 334 g/mol. The van der Waals surface area contributed by atoms with Crippen molar-refractivity contribution in [3.63, 3.8) is 0 Å². The number of ether oxygens (including phenoxy) is 1. The van der Waals surface area contributed by atoms with Crippen LogP contribution in [0.2, 0.25) is 0 Å². The number of nitrogens with zero attached hydrogens (tertiary/aromatic N) is 1. The van der Waals surface area contributed by atoms with Gasteiger partial charge in [-0.25, -0.2) is 4.79 Å². The second-order valence-corrected chi connectivity index (χ2v) is 6.11. The van der Waals surface area contributed by atoms with Crippen molar-refractivity contribution in [3.05, 3.63) is 64.7 Å². The van der Waals surface area contributed by atoms with Crippen LogP contribution in [0.1, 0.15) is 44.7 Å². The minimum Gasteiger partial charge on any atom is -0.494 e. The molecule has 2 amide bonds. The fourth-order valence-corrected chi connectivity index (χ4v) is 2.61. The van der Waals surface area contributed by atoms with Gasteiger partial charge in [-0.2, -0.15) is 0 Å². The highest BCUT2D eigenvalue weighted by Crippen LogP contribution is 2.23. The van der Waals surface area contributed by atoms with E-state index in [0.717, 1.165) is 11.3 Å². The molecule has 6 nitrogen and oxygen atoms in total. The monoisotopic (exact) mass is 353 g/mol. The third kappa shape index (κ3) is 3.59. The zero-order chi connectivity index (χ0) is 18.7. The van der Waals surface area contributed by atoms with Crippen LogP contribution in [-0.2, 0) is 9.63 Å². The Kier molecular flexibility index (Phi) is 5.02. The summed E-state index contributed by atoms with van der Waals surface area (Å²) in [4.78, 5) is 41.1. The second kappa shape index (κ2) is 7.39. The van der Waals surface area contributed by atoms with Crippen molar-refractivity contribution >= 4 is 17.8 Å². The van der Waals surface area contributed by atoms with Gasteiger partial charge in [-0.15, -0.1) is 0 Å². The molecule has 1 aliphatic heterocycles. The van der Waals surface area contributed by atoms with E-state index in [1.807, 2.05) is 32.0 Å². The maximum absolute atomic E-state index is 12.1. The Balaban J connectivity index is 1.47. The largest absolute Gasteiger partial charge is 0.494 e. The van der Waals surface area contributed by atoms with Gasteiger partial charge in [-0.05, 0) is 55.7 Å². The lowest BCUT2D eigenvalue weighted by atomic mass is 10.1. The van der Waals surface area contributed by atoms with Gasteiger partial charge in [0.15, 0.2) is 0 Å². The van der Waals surface area contributed by atoms with Gasteiger partial charge < -0.3 is 9.57 Å². The lowest BCUT2D eigenvalue weighted by molar-refractivity contribution is -0.168. The number of rotatable bonds is 6. The van der Waals surface area contributed by atoms with E-state index < -0.39 is 17.8 Å². The smallest absolute Gasteiger partial charge is 0.333 e. The zero-order valence-electron chi connectivity index (χ0n) is 14.7. The predicted octanol–water partition coefficient (Wildman–Crippen LogP) is 3.22. The number of imide groups is 1. The summed E-state index contributed by atoms with van der Waals surface area (Å²) in [5.41, 5.74) is 2.79. The van der Waals surface area contributed by atoms with Gasteiger partial charge in [0.2, 0.25) is 0 Å². The predicted molar refractivity (Wildman–Crippen MR) is 93.7 cm³/mol. The molecule has 0 radical (unpaired) electrons. The highest BCUT2D eigenvalue weighted by atomic mass is 16.7. The maximum atomic E-state index is 12.1. The number of fused-ring (bicyclic) bond motifs is 1. The van der Waals surface area contributed by atoms with Crippen molar-refractivity contribution in [2.75, 3.05) is 6.61 Å². The van der Waals surface area contributed by atoms with Crippen molar-refractivity contribution in [1.29, 1.82) is 0 Å². The number of hydrogen-bond acceptors (Lipinski definition) is 5. The van der Waals surface area contributed by atoms with Crippen LogP contribution >= 0.6 is 0 Å². The molecule has 0 saturated heterocycles. The lowest BCUT2D eigenvalue weighted by Gasteiger charge is -2.13. The SMILES string of the molecule is Cc1ccc(OCCCC(=O)ON2C(=O)c3ccccc3C2=O)cc1C. The molecule has 0 saturated carbocycles. The fraction of sp³-hybridized carbons (Fsp3) is 0.250. The Morgan fingerprint density at radius 2 is 1.62 bits per heavy atom. The Labute approximate surface area is 151 Å². The Morgan fingerprint density at radius 1 is 0.962 bits per heavy atom. The number of carbonyl (C=O) groups excluding carboxylic acids is 3. The molecule has 0 spiro atoms. The first kappa shape index (κ1) is 17.7. The fourth-order valence-electron chi connectivity index (χ4n) is 2.61. The normalized spacial score (nSPS) is 12.9. The molecule has 0 aromatic heterocycles. The third-order valence-corrected chi connectivity index (χ3v) is 4.22. The van der Waals surface area contributed by atoms with Gasteiger partial charge in [-0.1, -0.05) is 23.3 Å². The molecule has 0 unspecified atom stereocenters. The Bertz CT molecular complexity index is 839. The van der Waals surface area contributed by atoms with Crippen LogP contribution in [0, 0.1) is 13.8 Å². The van der Waals surface area contributed by atoms with Crippen molar-refractivity contribution in [3.8, 4) is 5.75 Å². The highest BCUT2D eigenvalue weighted by molar-refractivity contribution is 6.20. The van der Waals surface area contributed by atoms with Crippen LogP contribution in [0.25, 0.3) is 0 Å². The van der Waals surface area contributed by atoms with Crippen molar-refractivity contribution in [1.82, 2.24) is 5.06 Å². The third-order valence-electron chi connectivity index (χ3n) is 4.22. The van der Waals surface area contributed by atoms with E-state index in [2.05, 4.69) is 0 Å². The van der Waals surface area contributed by atoms with Gasteiger partial charge in [-0.3, -0.25) is 9.59 Å². The van der Waals surface area contributed by atoms with Crippen molar-refractivity contribution in [2.45, 2.75) is 26.7 Å². The molecule has 2 aromatic carbocycles. The number of benzene rings is 2. The summed E-state index contributed by atoms with van der Waals surface area (Å²) in [6, 6.07) is 12.1. The average molecular weight is 353 g/mol. The number of hydroxylamine groups is 2. The first-order chi connectivity index (χ1) is 12.5. The highest BCUT2D eigenvalue weighted by Gasteiger charge is 2.38. The van der Waals surface area contributed by atoms with E-state index in [1.165, 1.54) is 17.7 Å². The average Bonchev–Trinajstić information content (AvgIpc) is 2.87. The van der Waals surface area contributed by atoms with Crippen LogP contribution in [0.4, 0.5) is 0 Å². The van der Waals surface area contributed by atoms with Crippen LogP contribution < -0.4 is 4.74 Å². The summed E-state index contributed by atoms with van der Waals surface area (Å²) < 4.78 is 5.60. The van der Waals surface area contributed by atoms with Gasteiger partial charge in [0, 0.05) is 0 Å². The molecule has 0 aliphatic carbocycles. The minimum absolute atomic E-state index is 0.0399. The number of aryl methyl sites for hydroxylation is 2. The van der Waals surface area contributed by atoms with Crippen LogP contribution in [-0.4, -0.2) is 29.5 Å². The quantitative estimate of drug-likeness (QED) is 0.589. The van der Waals surface area contributed by atoms with Crippen molar-refractivity contribution < 1.29 is 24.0 Å². The summed E-state index contributed by atoms with van der Waals surface area (Å²) in [7, 11) is 0. The van der Waals surface area contributed by atoms with E-state index in [9.17, 15) is 14.4 Å². The molecule has 6 heteroatoms. The topological polar surface area (TPSA) is 72.9 Å². The Hall–Kier alpha value is -3.15. The molecule has 134 valence electrons. The summed E-state index contributed by atoms with van der Waals surface area (Å²) >= 11 is 0. The van der Waals surface area contributed by atoms with E-state index in [0.29, 0.717) is 18.1 Å². The van der Waals surface area contributed by atoms with E-state index in [4.69, 9.17) is 9.57 Å². The number of hydrogen-bond donors (Lipinski definition) is 0. The molecule has 0 atom stereocenters. The Morgan fingerprint density at radius 3 is 2.23 bits per heavy atom. The number of amides is 2. The molecular formula is C20H19NO5. The first-order valence-electron chi connectivity index (χ1n) is 8.36. The zero-order valence-corrected chi connectivity index (χ0v) is 14.7. The minimum atomic E-state index is -0.650. The van der Waals surface area contributed by atoms with E-state index in [1.54, 1.807) is 12.1 Å². The molecule has 0 fully saturated rings. The molecule has 26 heavy (non-hydrogen) atoms. The molecule has 0 bridgehead atoms. The van der Waals surface area contributed by atoms with Crippen molar-refractivity contribution in [2.24, 2.45) is 0 Å². The number of carbonyl (C=O) groups is 3.